The highest BCUT2D eigenvalue weighted by atomic mass is 16.5. The van der Waals surface area contributed by atoms with Gasteiger partial charge in [-0.2, -0.15) is 0 Å². The van der Waals surface area contributed by atoms with E-state index in [1.54, 1.807) is 55.6 Å². The summed E-state index contributed by atoms with van der Waals surface area (Å²) in [4.78, 5) is 38.5. The van der Waals surface area contributed by atoms with Gasteiger partial charge in [0.05, 0.1) is 19.9 Å². The molecule has 1 heterocycles. The van der Waals surface area contributed by atoms with E-state index in [-0.39, 0.29) is 6.54 Å². The summed E-state index contributed by atoms with van der Waals surface area (Å²) in [5.41, 5.74) is 0.859. The van der Waals surface area contributed by atoms with E-state index >= 15 is 0 Å². The van der Waals surface area contributed by atoms with Gasteiger partial charge in [-0.05, 0) is 36.4 Å². The summed E-state index contributed by atoms with van der Waals surface area (Å²) in [6, 6.07) is 12.7. The highest BCUT2D eigenvalue weighted by molar-refractivity contribution is 6.23. The summed E-state index contributed by atoms with van der Waals surface area (Å²) < 4.78 is 10.2. The molecular formula is C19H19N3O5. The molecular weight excluding hydrogens is 350 g/mol. The fraction of sp³-hybridized carbons (Fsp3) is 0.211. The number of nitrogens with zero attached hydrogens (tertiary/aromatic N) is 1. The van der Waals surface area contributed by atoms with Crippen LogP contribution in [0.4, 0.5) is 16.2 Å². The van der Waals surface area contributed by atoms with Crippen molar-refractivity contribution in [2.45, 2.75) is 0 Å². The van der Waals surface area contributed by atoms with Crippen LogP contribution in [-0.2, 0) is 9.59 Å². The molecule has 3 rings (SSSR count). The lowest BCUT2D eigenvalue weighted by molar-refractivity contribution is -0.130. The Hall–Kier alpha value is -3.55. The molecule has 0 aromatic heterocycles. The zero-order chi connectivity index (χ0) is 19.4. The van der Waals surface area contributed by atoms with Gasteiger partial charge >= 0.3 is 6.03 Å². The number of hydrogen-bond donors (Lipinski definition) is 2. The summed E-state index contributed by atoms with van der Waals surface area (Å²) in [7, 11) is 3.03. The summed E-state index contributed by atoms with van der Waals surface area (Å²) in [6.07, 6.45) is 0. The standard InChI is InChI=1S/C19H19N3O5/c1-26-14-8-6-12(7-9-14)21-17(23)16-11-20-19(25)22(18(16)24)13-4-3-5-15(10-13)27-2/h3-10,16H,11H2,1-2H3,(H,20,25)(H,21,23). The molecule has 1 unspecified atom stereocenters. The van der Waals surface area contributed by atoms with Crippen LogP contribution in [0.25, 0.3) is 0 Å². The SMILES string of the molecule is COc1ccc(NC(=O)C2CNC(=O)N(c3cccc(OC)c3)C2=O)cc1. The van der Waals surface area contributed by atoms with Gasteiger partial charge in [0.2, 0.25) is 11.8 Å². The molecule has 27 heavy (non-hydrogen) atoms. The van der Waals surface area contributed by atoms with Crippen LogP contribution >= 0.6 is 0 Å². The smallest absolute Gasteiger partial charge is 0.328 e. The number of rotatable bonds is 5. The Kier molecular flexibility index (Phi) is 5.25. The lowest BCUT2D eigenvalue weighted by atomic mass is 10.0. The molecule has 1 atom stereocenters. The average Bonchev–Trinajstić information content (AvgIpc) is 2.68. The topological polar surface area (TPSA) is 97.0 Å². The van der Waals surface area contributed by atoms with E-state index in [0.717, 1.165) is 4.90 Å². The van der Waals surface area contributed by atoms with Crippen LogP contribution in [0.1, 0.15) is 0 Å². The molecule has 4 amide bonds. The van der Waals surface area contributed by atoms with E-state index < -0.39 is 23.8 Å². The molecule has 0 spiro atoms. The van der Waals surface area contributed by atoms with Crippen molar-refractivity contribution in [3.05, 3.63) is 48.5 Å². The van der Waals surface area contributed by atoms with Gasteiger partial charge in [0.1, 0.15) is 17.4 Å². The Labute approximate surface area is 156 Å². The van der Waals surface area contributed by atoms with Gasteiger partial charge in [0.25, 0.3) is 0 Å². The lowest BCUT2D eigenvalue weighted by Crippen LogP contribution is -2.58. The number of ether oxygens (including phenoxy) is 2. The molecule has 2 aromatic carbocycles. The fourth-order valence-corrected chi connectivity index (χ4v) is 2.71. The molecule has 2 aromatic rings. The van der Waals surface area contributed by atoms with E-state index in [9.17, 15) is 14.4 Å². The molecule has 1 aliphatic rings. The molecule has 0 bridgehead atoms. The molecule has 2 N–H and O–H groups in total. The predicted octanol–water partition coefficient (Wildman–Crippen LogP) is 2.01. The zero-order valence-corrected chi connectivity index (χ0v) is 14.9. The number of nitrogens with one attached hydrogen (secondary N) is 2. The minimum absolute atomic E-state index is 0.0693. The quantitative estimate of drug-likeness (QED) is 0.786. The van der Waals surface area contributed by atoms with Crippen LogP contribution in [-0.4, -0.2) is 38.6 Å². The number of amides is 4. The monoisotopic (exact) mass is 369 g/mol. The van der Waals surface area contributed by atoms with Crippen molar-refractivity contribution in [3.63, 3.8) is 0 Å². The van der Waals surface area contributed by atoms with Crippen molar-refractivity contribution in [3.8, 4) is 11.5 Å². The maximum atomic E-state index is 12.8. The Balaban J connectivity index is 1.78. The van der Waals surface area contributed by atoms with Crippen molar-refractivity contribution in [2.75, 3.05) is 31.0 Å². The van der Waals surface area contributed by atoms with Crippen molar-refractivity contribution in [1.29, 1.82) is 0 Å². The van der Waals surface area contributed by atoms with Crippen LogP contribution in [0.3, 0.4) is 0 Å². The largest absolute Gasteiger partial charge is 0.497 e. The third-order valence-corrected chi connectivity index (χ3v) is 4.16. The lowest BCUT2D eigenvalue weighted by Gasteiger charge is -2.30. The summed E-state index contributed by atoms with van der Waals surface area (Å²) in [5.74, 6) is -0.997. The van der Waals surface area contributed by atoms with E-state index in [1.807, 2.05) is 0 Å². The first-order chi connectivity index (χ1) is 13.0. The average molecular weight is 369 g/mol. The number of methoxy groups -OCH3 is 2. The first-order valence-corrected chi connectivity index (χ1v) is 8.24. The normalized spacial score (nSPS) is 16.5. The van der Waals surface area contributed by atoms with E-state index in [4.69, 9.17) is 9.47 Å². The number of imide groups is 1. The van der Waals surface area contributed by atoms with Crippen LogP contribution in [0.15, 0.2) is 48.5 Å². The molecule has 140 valence electrons. The Bertz CT molecular complexity index is 866. The Morgan fingerprint density at radius 3 is 2.44 bits per heavy atom. The van der Waals surface area contributed by atoms with Gasteiger partial charge in [0.15, 0.2) is 0 Å². The molecule has 8 heteroatoms. The van der Waals surface area contributed by atoms with Crippen LogP contribution in [0.5, 0.6) is 11.5 Å². The summed E-state index contributed by atoms with van der Waals surface area (Å²) >= 11 is 0. The number of hydrogen-bond acceptors (Lipinski definition) is 5. The van der Waals surface area contributed by atoms with Crippen molar-refractivity contribution in [2.24, 2.45) is 5.92 Å². The minimum atomic E-state index is -1.05. The first-order valence-electron chi connectivity index (χ1n) is 8.24. The van der Waals surface area contributed by atoms with Gasteiger partial charge in [0, 0.05) is 18.3 Å². The Morgan fingerprint density at radius 1 is 1.07 bits per heavy atom. The molecule has 1 aliphatic heterocycles. The third-order valence-electron chi connectivity index (χ3n) is 4.16. The fourth-order valence-electron chi connectivity index (χ4n) is 2.71. The number of carbonyl (C=O) groups is 3. The summed E-state index contributed by atoms with van der Waals surface area (Å²) in [5, 5.41) is 5.26. The highest BCUT2D eigenvalue weighted by Crippen LogP contribution is 2.25. The van der Waals surface area contributed by atoms with Crippen LogP contribution in [0, 0.1) is 5.92 Å². The minimum Gasteiger partial charge on any atom is -0.497 e. The van der Waals surface area contributed by atoms with Gasteiger partial charge in [-0.25, -0.2) is 9.69 Å². The molecule has 8 nitrogen and oxygen atoms in total. The van der Waals surface area contributed by atoms with Gasteiger partial charge in [-0.3, -0.25) is 9.59 Å². The molecule has 0 radical (unpaired) electrons. The first kappa shape index (κ1) is 18.2. The maximum absolute atomic E-state index is 12.8. The van der Waals surface area contributed by atoms with E-state index in [2.05, 4.69) is 10.6 Å². The summed E-state index contributed by atoms with van der Waals surface area (Å²) in [6.45, 7) is -0.0693. The second-order valence-electron chi connectivity index (χ2n) is 5.83. The zero-order valence-electron chi connectivity index (χ0n) is 14.9. The van der Waals surface area contributed by atoms with Crippen LogP contribution < -0.4 is 25.0 Å². The van der Waals surface area contributed by atoms with Gasteiger partial charge in [-0.15, -0.1) is 0 Å². The number of benzene rings is 2. The highest BCUT2D eigenvalue weighted by Gasteiger charge is 2.39. The van der Waals surface area contributed by atoms with Crippen molar-refractivity contribution < 1.29 is 23.9 Å². The van der Waals surface area contributed by atoms with Gasteiger partial charge in [-0.1, -0.05) is 6.07 Å². The van der Waals surface area contributed by atoms with Crippen LogP contribution in [0.2, 0.25) is 0 Å². The second kappa shape index (κ2) is 7.77. The predicted molar refractivity (Wildman–Crippen MR) is 99.0 cm³/mol. The van der Waals surface area contributed by atoms with Gasteiger partial charge < -0.3 is 20.1 Å². The molecule has 1 saturated heterocycles. The van der Waals surface area contributed by atoms with E-state index in [0.29, 0.717) is 22.9 Å². The Morgan fingerprint density at radius 2 is 1.78 bits per heavy atom. The number of carbonyl (C=O) groups excluding carboxylic acids is 3. The molecule has 0 saturated carbocycles. The van der Waals surface area contributed by atoms with Crippen molar-refractivity contribution in [1.82, 2.24) is 5.32 Å². The maximum Gasteiger partial charge on any atom is 0.328 e. The molecule has 1 fully saturated rings. The number of urea groups is 1. The third kappa shape index (κ3) is 3.84. The second-order valence-corrected chi connectivity index (χ2v) is 5.83. The van der Waals surface area contributed by atoms with Crippen molar-refractivity contribution >= 4 is 29.2 Å². The van der Waals surface area contributed by atoms with E-state index in [1.165, 1.54) is 7.11 Å². The molecule has 0 aliphatic carbocycles. The number of anilines is 2.